The first kappa shape index (κ1) is 16.1. The normalized spacial score (nSPS) is 10.3. The molecule has 22 heavy (non-hydrogen) atoms. The average Bonchev–Trinajstić information content (AvgIpc) is 2.59. The average molecular weight is 298 g/mol. The summed E-state index contributed by atoms with van der Waals surface area (Å²) in [7, 11) is 3.14. The van der Waals surface area contributed by atoms with Gasteiger partial charge in [0.05, 0.1) is 19.8 Å². The highest BCUT2D eigenvalue weighted by Gasteiger charge is 2.15. The van der Waals surface area contributed by atoms with Crippen molar-refractivity contribution in [2.24, 2.45) is 0 Å². The maximum Gasteiger partial charge on any atom is 0.196 e. The van der Waals surface area contributed by atoms with Gasteiger partial charge in [-0.3, -0.25) is 4.79 Å². The van der Waals surface area contributed by atoms with E-state index < -0.39 is 0 Å². The lowest BCUT2D eigenvalue weighted by Crippen LogP contribution is -2.04. The number of unbranched alkanes of at least 4 members (excludes halogenated alkanes) is 1. The third kappa shape index (κ3) is 3.67. The van der Waals surface area contributed by atoms with Gasteiger partial charge in [0.25, 0.3) is 0 Å². The van der Waals surface area contributed by atoms with Crippen LogP contribution >= 0.6 is 0 Å². The van der Waals surface area contributed by atoms with Crippen molar-refractivity contribution >= 4 is 5.78 Å². The first-order valence-electron chi connectivity index (χ1n) is 7.55. The topological polar surface area (TPSA) is 35.5 Å². The van der Waals surface area contributed by atoms with Gasteiger partial charge in [-0.2, -0.15) is 0 Å². The van der Waals surface area contributed by atoms with Crippen LogP contribution in [0, 0.1) is 0 Å². The minimum Gasteiger partial charge on any atom is -0.497 e. The molecule has 0 saturated carbocycles. The van der Waals surface area contributed by atoms with E-state index in [9.17, 15) is 4.79 Å². The summed E-state index contributed by atoms with van der Waals surface area (Å²) in [5, 5.41) is 0. The lowest BCUT2D eigenvalue weighted by Gasteiger charge is -2.10. The van der Waals surface area contributed by atoms with E-state index in [1.807, 2.05) is 24.3 Å². The van der Waals surface area contributed by atoms with Crippen LogP contribution in [0.2, 0.25) is 0 Å². The number of benzene rings is 2. The van der Waals surface area contributed by atoms with Gasteiger partial charge in [-0.1, -0.05) is 37.6 Å². The SMILES string of the molecule is CCCCc1ccc(C(=O)c2ccc(OC)cc2OC)cc1. The van der Waals surface area contributed by atoms with Crippen molar-refractivity contribution in [2.45, 2.75) is 26.2 Å². The van der Waals surface area contributed by atoms with Gasteiger partial charge in [0.2, 0.25) is 0 Å². The Kier molecular flexibility index (Phi) is 5.59. The summed E-state index contributed by atoms with van der Waals surface area (Å²) in [6, 6.07) is 13.1. The smallest absolute Gasteiger partial charge is 0.196 e. The van der Waals surface area contributed by atoms with E-state index in [4.69, 9.17) is 9.47 Å². The predicted octanol–water partition coefficient (Wildman–Crippen LogP) is 4.28. The molecular weight excluding hydrogens is 276 g/mol. The van der Waals surface area contributed by atoms with Crippen LogP contribution in [-0.2, 0) is 6.42 Å². The zero-order valence-corrected chi connectivity index (χ0v) is 13.4. The first-order chi connectivity index (χ1) is 10.7. The number of rotatable bonds is 7. The summed E-state index contributed by atoms with van der Waals surface area (Å²) in [6.07, 6.45) is 3.39. The van der Waals surface area contributed by atoms with E-state index in [1.54, 1.807) is 32.4 Å². The molecule has 3 nitrogen and oxygen atoms in total. The van der Waals surface area contributed by atoms with Crippen LogP contribution in [0.15, 0.2) is 42.5 Å². The first-order valence-corrected chi connectivity index (χ1v) is 7.55. The molecule has 0 aliphatic heterocycles. The molecule has 3 heteroatoms. The standard InChI is InChI=1S/C19H22O3/c1-4-5-6-14-7-9-15(10-8-14)19(20)17-12-11-16(21-2)13-18(17)22-3/h7-13H,4-6H2,1-3H3. The Hall–Kier alpha value is -2.29. The molecule has 0 radical (unpaired) electrons. The summed E-state index contributed by atoms with van der Waals surface area (Å²) in [5.74, 6) is 1.16. The van der Waals surface area contributed by atoms with Gasteiger partial charge in [0.15, 0.2) is 5.78 Å². The van der Waals surface area contributed by atoms with E-state index in [-0.39, 0.29) is 5.78 Å². The molecule has 0 fully saturated rings. The molecule has 2 rings (SSSR count). The summed E-state index contributed by atoms with van der Waals surface area (Å²) in [5.41, 5.74) is 2.48. The van der Waals surface area contributed by atoms with Crippen molar-refractivity contribution in [3.05, 3.63) is 59.2 Å². The number of carbonyl (C=O) groups is 1. The van der Waals surface area contributed by atoms with Crippen LogP contribution in [0.1, 0.15) is 41.3 Å². The Morgan fingerprint density at radius 3 is 2.32 bits per heavy atom. The van der Waals surface area contributed by atoms with Crippen LogP contribution in [0.5, 0.6) is 11.5 Å². The van der Waals surface area contributed by atoms with Crippen LogP contribution in [0.3, 0.4) is 0 Å². The highest BCUT2D eigenvalue weighted by atomic mass is 16.5. The monoisotopic (exact) mass is 298 g/mol. The minimum atomic E-state index is -0.0402. The number of aryl methyl sites for hydroxylation is 1. The molecule has 2 aromatic rings. The fourth-order valence-electron chi connectivity index (χ4n) is 2.35. The Balaban J connectivity index is 2.24. The number of hydrogen-bond acceptors (Lipinski definition) is 3. The Morgan fingerprint density at radius 1 is 1.00 bits per heavy atom. The number of carbonyl (C=O) groups excluding carboxylic acids is 1. The number of ether oxygens (including phenoxy) is 2. The molecule has 0 saturated heterocycles. The van der Waals surface area contributed by atoms with Gasteiger partial charge in [-0.25, -0.2) is 0 Å². The number of hydrogen-bond donors (Lipinski definition) is 0. The zero-order valence-electron chi connectivity index (χ0n) is 13.4. The van der Waals surface area contributed by atoms with Crippen molar-refractivity contribution in [1.29, 1.82) is 0 Å². The van der Waals surface area contributed by atoms with Gasteiger partial charge in [-0.15, -0.1) is 0 Å². The van der Waals surface area contributed by atoms with Crippen LogP contribution < -0.4 is 9.47 Å². The summed E-state index contributed by atoms with van der Waals surface area (Å²) in [6.45, 7) is 2.17. The molecule has 0 N–H and O–H groups in total. The van der Waals surface area contributed by atoms with Gasteiger partial charge >= 0.3 is 0 Å². The van der Waals surface area contributed by atoms with Crippen molar-refractivity contribution in [3.8, 4) is 11.5 Å². The van der Waals surface area contributed by atoms with Gasteiger partial charge in [-0.05, 0) is 30.5 Å². The number of methoxy groups -OCH3 is 2. The van der Waals surface area contributed by atoms with E-state index in [2.05, 4.69) is 6.92 Å². The van der Waals surface area contributed by atoms with Crippen LogP contribution in [-0.4, -0.2) is 20.0 Å². The number of ketones is 1. The van der Waals surface area contributed by atoms with Crippen molar-refractivity contribution in [3.63, 3.8) is 0 Å². The second-order valence-corrected chi connectivity index (χ2v) is 5.20. The zero-order chi connectivity index (χ0) is 15.9. The lowest BCUT2D eigenvalue weighted by molar-refractivity contribution is 0.103. The maximum atomic E-state index is 12.6. The van der Waals surface area contributed by atoms with E-state index >= 15 is 0 Å². The maximum absolute atomic E-state index is 12.6. The second kappa shape index (κ2) is 7.64. The van der Waals surface area contributed by atoms with Gasteiger partial charge in [0, 0.05) is 11.6 Å². The molecule has 0 bridgehead atoms. The highest BCUT2D eigenvalue weighted by molar-refractivity contribution is 6.10. The summed E-state index contributed by atoms with van der Waals surface area (Å²) >= 11 is 0. The summed E-state index contributed by atoms with van der Waals surface area (Å²) < 4.78 is 10.5. The fraction of sp³-hybridized carbons (Fsp3) is 0.316. The van der Waals surface area contributed by atoms with Crippen LogP contribution in [0.25, 0.3) is 0 Å². The predicted molar refractivity (Wildman–Crippen MR) is 88.0 cm³/mol. The molecule has 0 amide bonds. The Bertz CT molecular complexity index is 630. The lowest BCUT2D eigenvalue weighted by atomic mass is 9.99. The highest BCUT2D eigenvalue weighted by Crippen LogP contribution is 2.26. The largest absolute Gasteiger partial charge is 0.497 e. The molecule has 0 aliphatic carbocycles. The van der Waals surface area contributed by atoms with E-state index in [1.165, 1.54) is 18.4 Å². The van der Waals surface area contributed by atoms with Crippen molar-refractivity contribution in [2.75, 3.05) is 14.2 Å². The van der Waals surface area contributed by atoms with Gasteiger partial charge < -0.3 is 9.47 Å². The van der Waals surface area contributed by atoms with E-state index in [0.717, 1.165) is 6.42 Å². The Labute approximate surface area is 131 Å². The summed E-state index contributed by atoms with van der Waals surface area (Å²) in [4.78, 5) is 12.6. The molecule has 0 atom stereocenters. The quantitative estimate of drug-likeness (QED) is 0.716. The molecule has 116 valence electrons. The second-order valence-electron chi connectivity index (χ2n) is 5.20. The van der Waals surface area contributed by atoms with Gasteiger partial charge in [0.1, 0.15) is 11.5 Å². The fourth-order valence-corrected chi connectivity index (χ4v) is 2.35. The van der Waals surface area contributed by atoms with Crippen molar-refractivity contribution in [1.82, 2.24) is 0 Å². The van der Waals surface area contributed by atoms with Crippen molar-refractivity contribution < 1.29 is 14.3 Å². The molecule has 0 aliphatic rings. The molecule has 0 aromatic heterocycles. The molecule has 2 aromatic carbocycles. The van der Waals surface area contributed by atoms with E-state index in [0.29, 0.717) is 22.6 Å². The third-order valence-electron chi connectivity index (χ3n) is 3.69. The molecular formula is C19H22O3. The Morgan fingerprint density at radius 2 is 1.73 bits per heavy atom. The third-order valence-corrected chi connectivity index (χ3v) is 3.69. The molecule has 0 heterocycles. The van der Waals surface area contributed by atoms with Crippen LogP contribution in [0.4, 0.5) is 0 Å². The minimum absolute atomic E-state index is 0.0402. The molecule has 0 unspecified atom stereocenters. The molecule has 0 spiro atoms.